The summed E-state index contributed by atoms with van der Waals surface area (Å²) in [6.45, 7) is 4.55. The first-order valence-corrected chi connectivity index (χ1v) is 7.48. The third kappa shape index (κ3) is 2.63. The molecule has 3 nitrogen and oxygen atoms in total. The van der Waals surface area contributed by atoms with Crippen LogP contribution in [0.3, 0.4) is 0 Å². The monoisotopic (exact) mass is 259 g/mol. The zero-order chi connectivity index (χ0) is 13.2. The average Bonchev–Trinajstić information content (AvgIpc) is 2.47. The lowest BCUT2D eigenvalue weighted by molar-refractivity contribution is 0.249. The molecule has 2 heterocycles. The Morgan fingerprint density at radius 2 is 2.00 bits per heavy atom. The van der Waals surface area contributed by atoms with E-state index in [1.165, 1.54) is 43.6 Å². The summed E-state index contributed by atoms with van der Waals surface area (Å²) in [6.07, 6.45) is 3.74. The summed E-state index contributed by atoms with van der Waals surface area (Å²) in [6, 6.07) is 7.60. The first-order valence-electron chi connectivity index (χ1n) is 7.48. The van der Waals surface area contributed by atoms with Gasteiger partial charge in [-0.3, -0.25) is 0 Å². The van der Waals surface area contributed by atoms with Crippen LogP contribution in [-0.2, 0) is 13.0 Å². The van der Waals surface area contributed by atoms with Crippen molar-refractivity contribution in [2.45, 2.75) is 31.8 Å². The average molecular weight is 259 g/mol. The second-order valence-corrected chi connectivity index (χ2v) is 6.02. The molecule has 0 bridgehead atoms. The normalized spacial score (nSPS) is 20.7. The van der Waals surface area contributed by atoms with Gasteiger partial charge >= 0.3 is 0 Å². The second-order valence-electron chi connectivity index (χ2n) is 6.02. The van der Waals surface area contributed by atoms with Crippen LogP contribution < -0.4 is 10.2 Å². The minimum Gasteiger partial charge on any atom is -0.371 e. The largest absolute Gasteiger partial charge is 0.371 e. The fourth-order valence-electron chi connectivity index (χ4n) is 3.42. The lowest BCUT2D eigenvalue weighted by Crippen LogP contribution is -2.42. The van der Waals surface area contributed by atoms with Crippen molar-refractivity contribution in [3.05, 3.63) is 29.3 Å². The number of nitrogens with one attached hydrogen (secondary N) is 1. The van der Waals surface area contributed by atoms with Crippen molar-refractivity contribution in [3.8, 4) is 0 Å². The van der Waals surface area contributed by atoms with E-state index in [0.29, 0.717) is 0 Å². The summed E-state index contributed by atoms with van der Waals surface area (Å²) < 4.78 is 0. The van der Waals surface area contributed by atoms with Crippen molar-refractivity contribution < 1.29 is 0 Å². The Kier molecular flexibility index (Phi) is 3.76. The van der Waals surface area contributed by atoms with E-state index in [1.54, 1.807) is 5.56 Å². The number of hydrogen-bond acceptors (Lipinski definition) is 3. The Bertz CT molecular complexity index is 434. The Balaban J connectivity index is 1.77. The van der Waals surface area contributed by atoms with Gasteiger partial charge in [-0.2, -0.15) is 0 Å². The van der Waals surface area contributed by atoms with Gasteiger partial charge in [0.2, 0.25) is 0 Å². The number of rotatable bonds is 2. The molecule has 0 saturated carbocycles. The molecular formula is C16H25N3. The van der Waals surface area contributed by atoms with Gasteiger partial charge < -0.3 is 15.1 Å². The highest BCUT2D eigenvalue weighted by Crippen LogP contribution is 2.29. The van der Waals surface area contributed by atoms with Crippen molar-refractivity contribution in [2.75, 3.05) is 38.6 Å². The minimum absolute atomic E-state index is 0.758. The van der Waals surface area contributed by atoms with Crippen LogP contribution in [0.5, 0.6) is 0 Å². The zero-order valence-electron chi connectivity index (χ0n) is 12.2. The molecule has 0 spiro atoms. The molecule has 0 amide bonds. The molecule has 3 heteroatoms. The quantitative estimate of drug-likeness (QED) is 0.874. The summed E-state index contributed by atoms with van der Waals surface area (Å²) in [5.41, 5.74) is 4.56. The number of piperidine rings is 1. The predicted molar refractivity (Wildman–Crippen MR) is 80.8 cm³/mol. The number of hydrogen-bond donors (Lipinski definition) is 1. The fourth-order valence-corrected chi connectivity index (χ4v) is 3.42. The maximum Gasteiger partial charge on any atom is 0.0414 e. The van der Waals surface area contributed by atoms with Crippen molar-refractivity contribution in [1.29, 1.82) is 0 Å². The predicted octanol–water partition coefficient (Wildman–Crippen LogP) is 1.86. The van der Waals surface area contributed by atoms with Crippen LogP contribution in [0.4, 0.5) is 5.69 Å². The van der Waals surface area contributed by atoms with Crippen LogP contribution in [-0.4, -0.2) is 44.7 Å². The molecule has 0 atom stereocenters. The maximum atomic E-state index is 3.51. The Labute approximate surface area is 116 Å². The van der Waals surface area contributed by atoms with Gasteiger partial charge in [-0.05, 0) is 57.1 Å². The Morgan fingerprint density at radius 3 is 2.74 bits per heavy atom. The lowest BCUT2D eigenvalue weighted by Gasteiger charge is -2.38. The molecule has 19 heavy (non-hydrogen) atoms. The summed E-state index contributed by atoms with van der Waals surface area (Å²) in [5.74, 6) is 0. The Hall–Kier alpha value is -1.06. The summed E-state index contributed by atoms with van der Waals surface area (Å²) in [4.78, 5) is 4.96. The van der Waals surface area contributed by atoms with E-state index < -0.39 is 0 Å². The molecule has 0 radical (unpaired) electrons. The second kappa shape index (κ2) is 5.51. The van der Waals surface area contributed by atoms with E-state index in [4.69, 9.17) is 0 Å². The van der Waals surface area contributed by atoms with Crippen LogP contribution >= 0.6 is 0 Å². The number of nitrogens with zero attached hydrogens (tertiary/aromatic N) is 2. The molecule has 3 rings (SSSR count). The van der Waals surface area contributed by atoms with Crippen LogP contribution in [0.15, 0.2) is 18.2 Å². The molecule has 1 aromatic rings. The van der Waals surface area contributed by atoms with E-state index in [1.807, 2.05) is 0 Å². The molecule has 1 aromatic carbocycles. The van der Waals surface area contributed by atoms with Crippen LogP contribution in [0, 0.1) is 0 Å². The van der Waals surface area contributed by atoms with Gasteiger partial charge in [0.05, 0.1) is 0 Å². The van der Waals surface area contributed by atoms with E-state index in [2.05, 4.69) is 47.4 Å². The van der Waals surface area contributed by atoms with Crippen molar-refractivity contribution in [1.82, 2.24) is 10.2 Å². The highest BCUT2D eigenvalue weighted by molar-refractivity contribution is 5.57. The molecule has 1 fully saturated rings. The molecule has 0 aliphatic carbocycles. The highest BCUT2D eigenvalue weighted by Gasteiger charge is 2.23. The first-order chi connectivity index (χ1) is 9.25. The highest BCUT2D eigenvalue weighted by atomic mass is 15.2. The van der Waals surface area contributed by atoms with E-state index in [0.717, 1.165) is 19.1 Å². The number of anilines is 1. The number of fused-ring (bicyclic) bond motifs is 1. The molecule has 0 unspecified atom stereocenters. The molecular weight excluding hydrogens is 234 g/mol. The zero-order valence-corrected chi connectivity index (χ0v) is 12.2. The summed E-state index contributed by atoms with van der Waals surface area (Å²) in [7, 11) is 4.41. The Morgan fingerprint density at radius 1 is 1.21 bits per heavy atom. The maximum absolute atomic E-state index is 3.51. The van der Waals surface area contributed by atoms with E-state index >= 15 is 0 Å². The van der Waals surface area contributed by atoms with E-state index in [9.17, 15) is 0 Å². The van der Waals surface area contributed by atoms with Crippen molar-refractivity contribution in [2.24, 2.45) is 0 Å². The van der Waals surface area contributed by atoms with Crippen LogP contribution in [0.2, 0.25) is 0 Å². The SMILES string of the molecule is CN(C)C1CCN(c2cccc3c2CNCC3)CC1. The summed E-state index contributed by atoms with van der Waals surface area (Å²) in [5, 5.41) is 3.51. The van der Waals surface area contributed by atoms with Crippen LogP contribution in [0.1, 0.15) is 24.0 Å². The lowest BCUT2D eigenvalue weighted by atomic mass is 9.96. The van der Waals surface area contributed by atoms with Gasteiger partial charge in [0.25, 0.3) is 0 Å². The molecule has 1 N–H and O–H groups in total. The minimum atomic E-state index is 0.758. The standard InChI is InChI=1S/C16H25N3/c1-18(2)14-7-10-19(11-8-14)16-5-3-4-13-6-9-17-12-15(13)16/h3-5,14,17H,6-12H2,1-2H3. The van der Waals surface area contributed by atoms with E-state index in [-0.39, 0.29) is 0 Å². The van der Waals surface area contributed by atoms with Gasteiger partial charge in [0, 0.05) is 31.4 Å². The van der Waals surface area contributed by atoms with Gasteiger partial charge in [-0.25, -0.2) is 0 Å². The first kappa shape index (κ1) is 12.9. The smallest absolute Gasteiger partial charge is 0.0414 e. The molecule has 104 valence electrons. The van der Waals surface area contributed by atoms with Gasteiger partial charge in [-0.15, -0.1) is 0 Å². The van der Waals surface area contributed by atoms with Gasteiger partial charge in [0.15, 0.2) is 0 Å². The third-order valence-corrected chi connectivity index (χ3v) is 4.66. The molecule has 1 saturated heterocycles. The number of benzene rings is 1. The van der Waals surface area contributed by atoms with Gasteiger partial charge in [0.1, 0.15) is 0 Å². The fraction of sp³-hybridized carbons (Fsp3) is 0.625. The van der Waals surface area contributed by atoms with Crippen molar-refractivity contribution in [3.63, 3.8) is 0 Å². The topological polar surface area (TPSA) is 18.5 Å². The molecule has 2 aliphatic heterocycles. The van der Waals surface area contributed by atoms with Gasteiger partial charge in [-0.1, -0.05) is 12.1 Å². The third-order valence-electron chi connectivity index (χ3n) is 4.66. The van der Waals surface area contributed by atoms with Crippen molar-refractivity contribution >= 4 is 5.69 Å². The van der Waals surface area contributed by atoms with Crippen LogP contribution in [0.25, 0.3) is 0 Å². The molecule has 2 aliphatic rings. The summed E-state index contributed by atoms with van der Waals surface area (Å²) >= 11 is 0. The molecule has 0 aromatic heterocycles.